The van der Waals surface area contributed by atoms with Crippen molar-refractivity contribution in [1.82, 2.24) is 24.9 Å². The molecule has 9 nitrogen and oxygen atoms in total. The first-order valence-electron chi connectivity index (χ1n) is 12.9. The minimum absolute atomic E-state index is 0.0169. The Labute approximate surface area is 232 Å². The van der Waals surface area contributed by atoms with Crippen LogP contribution in [0.1, 0.15) is 11.4 Å². The predicted octanol–water partition coefficient (Wildman–Crippen LogP) is 5.12. The van der Waals surface area contributed by atoms with Crippen molar-refractivity contribution in [3.63, 3.8) is 0 Å². The van der Waals surface area contributed by atoms with Gasteiger partial charge in [0.2, 0.25) is 5.91 Å². The number of morpholine rings is 1. The lowest BCUT2D eigenvalue weighted by atomic mass is 10.1. The zero-order chi connectivity index (χ0) is 28.4. The molecule has 5 aromatic heterocycles. The predicted molar refractivity (Wildman–Crippen MR) is 147 cm³/mol. The van der Waals surface area contributed by atoms with Crippen molar-refractivity contribution in [3.8, 4) is 22.4 Å². The van der Waals surface area contributed by atoms with Crippen molar-refractivity contribution in [2.75, 3.05) is 36.5 Å². The molecule has 0 aromatic carbocycles. The van der Waals surface area contributed by atoms with Crippen LogP contribution in [0.3, 0.4) is 0 Å². The molecule has 6 heterocycles. The molecule has 0 atom stereocenters. The number of anilines is 2. The standard InChI is InChI=1S/C29H24F3N7O2/c30-29(31,32)25-14-23(4-6-33-25)37-27(40)15-22-2-1-19(16-35-22)21-11-20-12-24(38-28(20)36-17-21)18-3-5-34-26(13-18)39-7-9-41-10-8-39/h1-6,11-14,16-17H,7-10,15H2,(H,36,38)(H,33,37,40). The highest BCUT2D eigenvalue weighted by atomic mass is 19.4. The molecule has 1 aliphatic heterocycles. The van der Waals surface area contributed by atoms with Gasteiger partial charge in [-0.3, -0.25) is 14.8 Å². The fraction of sp³-hybridized carbons (Fsp3) is 0.207. The maximum absolute atomic E-state index is 12.9. The molecule has 12 heteroatoms. The molecule has 0 bridgehead atoms. The summed E-state index contributed by atoms with van der Waals surface area (Å²) in [5.41, 5.74) is 3.77. The number of carbonyl (C=O) groups excluding carboxylic acids is 1. The summed E-state index contributed by atoms with van der Waals surface area (Å²) in [6, 6.07) is 13.7. The number of rotatable bonds is 6. The first kappa shape index (κ1) is 26.4. The molecule has 208 valence electrons. The average Bonchev–Trinajstić information content (AvgIpc) is 3.42. The van der Waals surface area contributed by atoms with Gasteiger partial charge in [0.1, 0.15) is 17.2 Å². The molecule has 2 N–H and O–H groups in total. The minimum atomic E-state index is -4.59. The highest BCUT2D eigenvalue weighted by Crippen LogP contribution is 2.30. The van der Waals surface area contributed by atoms with E-state index < -0.39 is 17.8 Å². The lowest BCUT2D eigenvalue weighted by Gasteiger charge is -2.27. The van der Waals surface area contributed by atoms with Gasteiger partial charge < -0.3 is 19.9 Å². The Bertz CT molecular complexity index is 1700. The number of hydrogen-bond acceptors (Lipinski definition) is 7. The highest BCUT2D eigenvalue weighted by molar-refractivity contribution is 5.92. The van der Waals surface area contributed by atoms with Crippen LogP contribution in [-0.2, 0) is 22.1 Å². The van der Waals surface area contributed by atoms with Crippen molar-refractivity contribution in [2.24, 2.45) is 0 Å². The third kappa shape index (κ3) is 6.02. The second-order valence-corrected chi connectivity index (χ2v) is 9.54. The quantitative estimate of drug-likeness (QED) is 0.297. The van der Waals surface area contributed by atoms with Gasteiger partial charge in [-0.15, -0.1) is 0 Å². The summed E-state index contributed by atoms with van der Waals surface area (Å²) in [5.74, 6) is 0.421. The number of aromatic nitrogens is 5. The van der Waals surface area contributed by atoms with E-state index in [1.54, 1.807) is 24.7 Å². The Morgan fingerprint density at radius 2 is 1.71 bits per heavy atom. The number of H-pyrrole nitrogens is 1. The molecule has 5 aromatic rings. The number of fused-ring (bicyclic) bond motifs is 1. The summed E-state index contributed by atoms with van der Waals surface area (Å²) < 4.78 is 44.1. The molecule has 0 radical (unpaired) electrons. The van der Waals surface area contributed by atoms with Crippen LogP contribution in [0.5, 0.6) is 0 Å². The molecular weight excluding hydrogens is 535 g/mol. The summed E-state index contributed by atoms with van der Waals surface area (Å²) in [7, 11) is 0. The van der Waals surface area contributed by atoms with Gasteiger partial charge in [0, 0.05) is 77.0 Å². The number of nitrogens with one attached hydrogen (secondary N) is 2. The molecular formula is C29H24F3N7O2. The van der Waals surface area contributed by atoms with E-state index >= 15 is 0 Å². The SMILES string of the molecule is O=C(Cc1ccc(-c2cnc3[nH]c(-c4ccnc(N5CCOCC5)c4)cc3c2)cn1)Nc1ccnc(C(F)(F)F)c1. The van der Waals surface area contributed by atoms with Gasteiger partial charge in [-0.05, 0) is 42.5 Å². The second kappa shape index (κ2) is 11.0. The van der Waals surface area contributed by atoms with Crippen LogP contribution in [-0.4, -0.2) is 57.1 Å². The van der Waals surface area contributed by atoms with Gasteiger partial charge in [-0.2, -0.15) is 13.2 Å². The van der Waals surface area contributed by atoms with Crippen molar-refractivity contribution in [1.29, 1.82) is 0 Å². The summed E-state index contributed by atoms with van der Waals surface area (Å²) in [6.07, 6.45) is 1.51. The molecule has 1 amide bonds. The van der Waals surface area contributed by atoms with Crippen LogP contribution in [0.4, 0.5) is 24.7 Å². The molecule has 1 fully saturated rings. The van der Waals surface area contributed by atoms with Crippen LogP contribution in [0.2, 0.25) is 0 Å². The van der Waals surface area contributed by atoms with Crippen molar-refractivity contribution in [3.05, 3.63) is 84.7 Å². The number of ether oxygens (including phenoxy) is 1. The van der Waals surface area contributed by atoms with Gasteiger partial charge in [-0.1, -0.05) is 6.07 Å². The Kier molecular flexibility index (Phi) is 7.06. The molecule has 1 aliphatic rings. The molecule has 1 saturated heterocycles. The topological polar surface area (TPSA) is 109 Å². The highest BCUT2D eigenvalue weighted by Gasteiger charge is 2.32. The Morgan fingerprint density at radius 3 is 2.49 bits per heavy atom. The number of alkyl halides is 3. The first-order valence-corrected chi connectivity index (χ1v) is 12.9. The average molecular weight is 560 g/mol. The number of pyridine rings is 4. The van der Waals surface area contributed by atoms with Crippen molar-refractivity contribution in [2.45, 2.75) is 12.6 Å². The second-order valence-electron chi connectivity index (χ2n) is 9.54. The van der Waals surface area contributed by atoms with Gasteiger partial charge in [0.25, 0.3) is 0 Å². The zero-order valence-corrected chi connectivity index (χ0v) is 21.7. The lowest BCUT2D eigenvalue weighted by Crippen LogP contribution is -2.36. The summed E-state index contributed by atoms with van der Waals surface area (Å²) in [6.45, 7) is 2.98. The number of halogens is 3. The van der Waals surface area contributed by atoms with Crippen LogP contribution >= 0.6 is 0 Å². The third-order valence-electron chi connectivity index (χ3n) is 6.70. The number of amides is 1. The van der Waals surface area contributed by atoms with E-state index in [0.29, 0.717) is 18.9 Å². The van der Waals surface area contributed by atoms with Crippen LogP contribution < -0.4 is 10.2 Å². The molecule has 0 saturated carbocycles. The number of aromatic amines is 1. The Hall–Kier alpha value is -4.84. The van der Waals surface area contributed by atoms with E-state index in [2.05, 4.69) is 41.2 Å². The van der Waals surface area contributed by atoms with Gasteiger partial charge in [0.05, 0.1) is 19.6 Å². The van der Waals surface area contributed by atoms with E-state index in [4.69, 9.17) is 4.74 Å². The number of carbonyl (C=O) groups is 1. The Balaban J connectivity index is 1.14. The van der Waals surface area contributed by atoms with E-state index in [0.717, 1.165) is 64.6 Å². The molecule has 41 heavy (non-hydrogen) atoms. The minimum Gasteiger partial charge on any atom is -0.378 e. The van der Waals surface area contributed by atoms with Gasteiger partial charge >= 0.3 is 6.18 Å². The van der Waals surface area contributed by atoms with E-state index in [-0.39, 0.29) is 12.1 Å². The molecule has 0 aliphatic carbocycles. The fourth-order valence-electron chi connectivity index (χ4n) is 4.61. The van der Waals surface area contributed by atoms with E-state index in [1.807, 2.05) is 24.3 Å². The zero-order valence-electron chi connectivity index (χ0n) is 21.7. The number of nitrogens with zero attached hydrogens (tertiary/aromatic N) is 5. The van der Waals surface area contributed by atoms with Crippen LogP contribution in [0.25, 0.3) is 33.4 Å². The molecule has 0 unspecified atom stereocenters. The summed E-state index contributed by atoms with van der Waals surface area (Å²) >= 11 is 0. The third-order valence-corrected chi connectivity index (χ3v) is 6.70. The monoisotopic (exact) mass is 559 g/mol. The van der Waals surface area contributed by atoms with Gasteiger partial charge in [0.15, 0.2) is 0 Å². The molecule has 0 spiro atoms. The lowest BCUT2D eigenvalue weighted by molar-refractivity contribution is -0.141. The largest absolute Gasteiger partial charge is 0.433 e. The van der Waals surface area contributed by atoms with E-state index in [9.17, 15) is 18.0 Å². The van der Waals surface area contributed by atoms with Crippen molar-refractivity contribution < 1.29 is 22.7 Å². The van der Waals surface area contributed by atoms with Crippen LogP contribution in [0, 0.1) is 0 Å². The van der Waals surface area contributed by atoms with Crippen LogP contribution in [0.15, 0.2) is 73.3 Å². The Morgan fingerprint density at radius 1 is 0.902 bits per heavy atom. The summed E-state index contributed by atoms with van der Waals surface area (Å²) in [5, 5.41) is 3.39. The maximum atomic E-state index is 12.9. The van der Waals surface area contributed by atoms with E-state index in [1.165, 1.54) is 6.07 Å². The molecule has 6 rings (SSSR count). The first-order chi connectivity index (χ1) is 19.8. The smallest absolute Gasteiger partial charge is 0.378 e. The normalized spacial score (nSPS) is 13.9. The van der Waals surface area contributed by atoms with Crippen molar-refractivity contribution >= 4 is 28.4 Å². The van der Waals surface area contributed by atoms with Gasteiger partial charge in [-0.25, -0.2) is 9.97 Å². The number of hydrogen-bond donors (Lipinski definition) is 2. The maximum Gasteiger partial charge on any atom is 0.433 e. The summed E-state index contributed by atoms with van der Waals surface area (Å²) in [4.78, 5) is 34.7. The fourth-order valence-corrected chi connectivity index (χ4v) is 4.61.